The Hall–Kier alpha value is -1.40. The van der Waals surface area contributed by atoms with Gasteiger partial charge in [0.05, 0.1) is 32.0 Å². The second-order valence-electron chi connectivity index (χ2n) is 5.23. The number of hydrogen-bond donors (Lipinski definition) is 0. The summed E-state index contributed by atoms with van der Waals surface area (Å²) in [7, 11) is -4.18. The second-order valence-corrected chi connectivity index (χ2v) is 5.23. The normalized spacial score (nSPS) is 25.6. The fourth-order valence-corrected chi connectivity index (χ4v) is 1.55. The summed E-state index contributed by atoms with van der Waals surface area (Å²) in [5, 5.41) is 0. The van der Waals surface area contributed by atoms with Crippen molar-refractivity contribution >= 4 is 18.6 Å². The lowest BCUT2D eigenvalue weighted by Gasteiger charge is -2.32. The molecule has 0 aliphatic carbocycles. The molecule has 1 aromatic rings. The molecule has 0 atom stereocenters. The minimum Gasteiger partial charge on any atom is -0.465 e. The van der Waals surface area contributed by atoms with E-state index in [2.05, 4.69) is 9.72 Å². The molecule has 0 N–H and O–H groups in total. The molecule has 1 aliphatic rings. The molecule has 1 aliphatic heterocycles. The van der Waals surface area contributed by atoms with Crippen LogP contribution in [0.1, 0.15) is 46.3 Å². The summed E-state index contributed by atoms with van der Waals surface area (Å²) >= 11 is 0. The van der Waals surface area contributed by atoms with Gasteiger partial charge in [-0.05, 0) is 33.7 Å². The van der Waals surface area contributed by atoms with E-state index >= 15 is 0 Å². The van der Waals surface area contributed by atoms with Gasteiger partial charge in [-0.1, -0.05) is 0 Å². The first kappa shape index (κ1) is 8.02. The van der Waals surface area contributed by atoms with Crippen LogP contribution in [0.25, 0.3) is 0 Å². The standard InChI is InChI=1S/C13H18BNO4/c1-12(2)13(3,4)19-14(18-12)10-6-9(7-15-8-10)11(16)17-5/h6-8H,1-5H3/i5D3,6D,7D,8D. The number of esters is 1. The van der Waals surface area contributed by atoms with Crippen LogP contribution in [0.5, 0.6) is 0 Å². The third-order valence-electron chi connectivity index (χ3n) is 3.39. The van der Waals surface area contributed by atoms with Crippen molar-refractivity contribution in [1.82, 2.24) is 4.98 Å². The van der Waals surface area contributed by atoms with Crippen LogP contribution >= 0.6 is 0 Å². The van der Waals surface area contributed by atoms with Crippen molar-refractivity contribution in [1.29, 1.82) is 0 Å². The number of pyridine rings is 1. The summed E-state index contributed by atoms with van der Waals surface area (Å²) in [5.41, 5.74) is -2.32. The van der Waals surface area contributed by atoms with E-state index in [0.29, 0.717) is 0 Å². The molecule has 5 nitrogen and oxygen atoms in total. The molecule has 0 unspecified atom stereocenters. The first-order valence-electron chi connectivity index (χ1n) is 8.73. The molecule has 0 saturated carbocycles. The molecule has 0 amide bonds. The number of ether oxygens (including phenoxy) is 1. The van der Waals surface area contributed by atoms with Crippen LogP contribution in [0.3, 0.4) is 0 Å². The van der Waals surface area contributed by atoms with Gasteiger partial charge in [-0.25, -0.2) is 4.79 Å². The van der Waals surface area contributed by atoms with Crippen molar-refractivity contribution in [2.75, 3.05) is 7.04 Å². The van der Waals surface area contributed by atoms with Crippen LogP contribution in [-0.4, -0.2) is 36.3 Å². The maximum Gasteiger partial charge on any atom is 0.496 e. The van der Waals surface area contributed by atoms with E-state index < -0.39 is 55.3 Å². The number of carbonyl (C=O) groups excluding carboxylic acids is 1. The van der Waals surface area contributed by atoms with Gasteiger partial charge in [0, 0.05) is 17.8 Å². The average Bonchev–Trinajstić information content (AvgIpc) is 2.54. The summed E-state index contributed by atoms with van der Waals surface area (Å²) < 4.78 is 60.5. The van der Waals surface area contributed by atoms with Gasteiger partial charge in [0.1, 0.15) is 0 Å². The molecule has 0 radical (unpaired) electrons. The number of aromatic nitrogens is 1. The van der Waals surface area contributed by atoms with Gasteiger partial charge in [0.2, 0.25) is 0 Å². The van der Waals surface area contributed by atoms with Crippen molar-refractivity contribution in [2.45, 2.75) is 38.9 Å². The summed E-state index contributed by atoms with van der Waals surface area (Å²) in [5.74, 6) is -1.39. The Labute approximate surface area is 121 Å². The lowest BCUT2D eigenvalue weighted by atomic mass is 9.80. The monoisotopic (exact) mass is 269 g/mol. The highest BCUT2D eigenvalue weighted by molar-refractivity contribution is 6.62. The summed E-state index contributed by atoms with van der Waals surface area (Å²) in [6.07, 6.45) is -1.18. The fraction of sp³-hybridized carbons (Fsp3) is 0.538. The molecular weight excluding hydrogens is 245 g/mol. The van der Waals surface area contributed by atoms with Gasteiger partial charge in [-0.2, -0.15) is 0 Å². The molecule has 1 fully saturated rings. The smallest absolute Gasteiger partial charge is 0.465 e. The van der Waals surface area contributed by atoms with E-state index in [4.69, 9.17) is 17.5 Å². The van der Waals surface area contributed by atoms with E-state index in [1.165, 1.54) is 0 Å². The lowest BCUT2D eigenvalue weighted by Crippen LogP contribution is -2.41. The number of methoxy groups -OCH3 is 1. The van der Waals surface area contributed by atoms with Gasteiger partial charge in [-0.15, -0.1) is 0 Å². The molecule has 0 spiro atoms. The maximum atomic E-state index is 12.0. The molecule has 2 rings (SSSR count). The van der Waals surface area contributed by atoms with Gasteiger partial charge < -0.3 is 14.0 Å². The summed E-state index contributed by atoms with van der Waals surface area (Å²) in [6.45, 7) is 7.10. The Morgan fingerprint density at radius 1 is 1.37 bits per heavy atom. The lowest BCUT2D eigenvalue weighted by molar-refractivity contribution is 0.00578. The molecule has 0 bridgehead atoms. The van der Waals surface area contributed by atoms with Crippen LogP contribution in [0.4, 0.5) is 0 Å². The average molecular weight is 269 g/mol. The molecule has 6 heteroatoms. The Kier molecular flexibility index (Phi) is 1.95. The Bertz CT molecular complexity index is 705. The van der Waals surface area contributed by atoms with Crippen molar-refractivity contribution in [2.24, 2.45) is 0 Å². The third-order valence-corrected chi connectivity index (χ3v) is 3.39. The van der Waals surface area contributed by atoms with E-state index in [1.54, 1.807) is 27.7 Å². The van der Waals surface area contributed by atoms with Crippen molar-refractivity contribution in [3.8, 4) is 0 Å². The highest BCUT2D eigenvalue weighted by Gasteiger charge is 2.51. The SMILES string of the molecule is [2H]c1nc([2H])c(C(=O)OC([2H])([2H])[2H])c([2H])c1B1OC(C)(C)C(C)(C)O1. The van der Waals surface area contributed by atoms with Crippen LogP contribution in [0.2, 0.25) is 0 Å². The number of rotatable bonds is 2. The largest absolute Gasteiger partial charge is 0.496 e. The first-order valence-corrected chi connectivity index (χ1v) is 5.73. The molecule has 19 heavy (non-hydrogen) atoms. The zero-order valence-electron chi connectivity index (χ0n) is 17.2. The van der Waals surface area contributed by atoms with Gasteiger partial charge in [0.25, 0.3) is 0 Å². The van der Waals surface area contributed by atoms with Crippen LogP contribution < -0.4 is 5.46 Å². The van der Waals surface area contributed by atoms with Crippen LogP contribution in [0, 0.1) is 0 Å². The van der Waals surface area contributed by atoms with Gasteiger partial charge >= 0.3 is 13.1 Å². The summed E-state index contributed by atoms with van der Waals surface area (Å²) in [4.78, 5) is 15.6. The fourth-order valence-electron chi connectivity index (χ4n) is 1.55. The molecule has 1 aromatic heterocycles. The van der Waals surface area contributed by atoms with Crippen LogP contribution in [-0.2, 0) is 14.0 Å². The molecule has 0 aromatic carbocycles. The van der Waals surface area contributed by atoms with E-state index in [9.17, 15) is 4.79 Å². The number of nitrogens with zero attached hydrogens (tertiary/aromatic N) is 1. The predicted octanol–water partition coefficient (Wildman–Crippen LogP) is 1.17. The minimum atomic E-state index is -3.03. The zero-order chi connectivity index (χ0) is 19.4. The highest BCUT2D eigenvalue weighted by Crippen LogP contribution is 2.36. The molecule has 1 saturated heterocycles. The topological polar surface area (TPSA) is 57.7 Å². The van der Waals surface area contributed by atoms with Gasteiger partial charge in [0.15, 0.2) is 0 Å². The Morgan fingerprint density at radius 2 is 2.00 bits per heavy atom. The number of hydrogen-bond acceptors (Lipinski definition) is 5. The Morgan fingerprint density at radius 3 is 2.58 bits per heavy atom. The van der Waals surface area contributed by atoms with E-state index in [0.717, 1.165) is 0 Å². The van der Waals surface area contributed by atoms with E-state index in [-0.39, 0.29) is 5.46 Å². The van der Waals surface area contributed by atoms with Crippen molar-refractivity contribution in [3.63, 3.8) is 0 Å². The first-order chi connectivity index (χ1) is 11.2. The minimum absolute atomic E-state index is 0.160. The third kappa shape index (κ3) is 2.50. The predicted molar refractivity (Wildman–Crippen MR) is 71.3 cm³/mol. The zero-order valence-corrected chi connectivity index (χ0v) is 11.2. The molecular formula is C13H18BNO4. The van der Waals surface area contributed by atoms with Crippen LogP contribution in [0.15, 0.2) is 18.4 Å². The Balaban J connectivity index is 2.51. The molecule has 102 valence electrons. The maximum absolute atomic E-state index is 12.0. The number of carbonyl (C=O) groups is 1. The van der Waals surface area contributed by atoms with E-state index in [1.807, 2.05) is 0 Å². The molecule has 2 heterocycles. The van der Waals surface area contributed by atoms with Crippen molar-refractivity contribution < 1.29 is 27.1 Å². The highest BCUT2D eigenvalue weighted by atomic mass is 16.7. The second kappa shape index (κ2) is 4.61. The quantitative estimate of drug-likeness (QED) is 0.595. The van der Waals surface area contributed by atoms with Crippen molar-refractivity contribution in [3.05, 3.63) is 24.0 Å². The van der Waals surface area contributed by atoms with Gasteiger partial charge in [-0.3, -0.25) is 4.98 Å². The summed E-state index contributed by atoms with van der Waals surface area (Å²) in [6, 6.07) is -0.572.